The Morgan fingerprint density at radius 1 is 1.33 bits per heavy atom. The molecule has 1 aromatic heterocycles. The molecule has 0 bridgehead atoms. The molecule has 0 saturated heterocycles. The van der Waals surface area contributed by atoms with E-state index in [4.69, 9.17) is 12.2 Å². The monoisotopic (exact) mass is 218 g/mol. The van der Waals surface area contributed by atoms with Gasteiger partial charge >= 0.3 is 0 Å². The lowest BCUT2D eigenvalue weighted by atomic mass is 10.1. The molecule has 0 aliphatic rings. The van der Waals surface area contributed by atoms with Gasteiger partial charge in [-0.3, -0.25) is 0 Å². The highest BCUT2D eigenvalue weighted by Gasteiger charge is 1.98. The van der Waals surface area contributed by atoms with E-state index in [1.807, 2.05) is 13.1 Å². The predicted molar refractivity (Wildman–Crippen MR) is 64.6 cm³/mol. The van der Waals surface area contributed by atoms with E-state index >= 15 is 0 Å². The first-order valence-electron chi connectivity index (χ1n) is 4.97. The molecule has 0 aliphatic heterocycles. The summed E-state index contributed by atoms with van der Waals surface area (Å²) in [6.07, 6.45) is 2.05. The second kappa shape index (κ2) is 4.03. The first-order valence-corrected chi connectivity index (χ1v) is 5.37. The number of nitrogens with zero attached hydrogens (tertiary/aromatic N) is 1. The van der Waals surface area contributed by atoms with Gasteiger partial charge in [0.05, 0.1) is 0 Å². The summed E-state index contributed by atoms with van der Waals surface area (Å²) in [6.45, 7) is 4.96. The average Bonchev–Trinajstić information content (AvgIpc) is 2.45. The molecule has 1 heterocycles. The lowest BCUT2D eigenvalue weighted by Gasteiger charge is -2.03. The van der Waals surface area contributed by atoms with Crippen LogP contribution in [0.2, 0.25) is 0 Å². The molecular weight excluding hydrogens is 204 g/mol. The predicted octanol–water partition coefficient (Wildman–Crippen LogP) is 3.21. The summed E-state index contributed by atoms with van der Waals surface area (Å²) in [7, 11) is 0. The third-order valence-electron chi connectivity index (χ3n) is 2.35. The number of rotatable bonds is 2. The van der Waals surface area contributed by atoms with Crippen LogP contribution in [-0.2, 0) is 6.54 Å². The largest absolute Gasteiger partial charge is 0.335 e. The molecule has 2 aromatic rings. The number of H-pyrrole nitrogens is 1. The Balaban J connectivity index is 2.29. The zero-order valence-electron chi connectivity index (χ0n) is 8.95. The second-order valence-electron chi connectivity index (χ2n) is 3.86. The molecule has 15 heavy (non-hydrogen) atoms. The van der Waals surface area contributed by atoms with Crippen molar-refractivity contribution >= 4 is 12.2 Å². The number of nitrogens with one attached hydrogen (secondary N) is 1. The highest BCUT2D eigenvalue weighted by molar-refractivity contribution is 7.71. The van der Waals surface area contributed by atoms with Crippen LogP contribution < -0.4 is 0 Å². The van der Waals surface area contributed by atoms with Crippen LogP contribution in [-0.4, -0.2) is 9.55 Å². The van der Waals surface area contributed by atoms with E-state index in [1.54, 1.807) is 0 Å². The van der Waals surface area contributed by atoms with Crippen LogP contribution in [0.5, 0.6) is 0 Å². The van der Waals surface area contributed by atoms with Gasteiger partial charge in [-0.2, -0.15) is 0 Å². The van der Waals surface area contributed by atoms with E-state index in [1.165, 1.54) is 11.1 Å². The van der Waals surface area contributed by atoms with Crippen molar-refractivity contribution in [2.24, 2.45) is 0 Å². The molecule has 0 fully saturated rings. The number of hydrogen-bond acceptors (Lipinski definition) is 1. The third-order valence-corrected chi connectivity index (χ3v) is 2.69. The van der Waals surface area contributed by atoms with Gasteiger partial charge in [-0.15, -0.1) is 0 Å². The van der Waals surface area contributed by atoms with Crippen LogP contribution in [0.4, 0.5) is 0 Å². The molecule has 3 heteroatoms. The number of aromatic amines is 1. The van der Waals surface area contributed by atoms with Crippen LogP contribution in [0.15, 0.2) is 30.5 Å². The van der Waals surface area contributed by atoms with Crippen molar-refractivity contribution in [2.75, 3.05) is 0 Å². The molecule has 0 unspecified atom stereocenters. The number of imidazole rings is 1. The maximum atomic E-state index is 5.21. The number of benzene rings is 1. The van der Waals surface area contributed by atoms with Crippen LogP contribution >= 0.6 is 12.2 Å². The Morgan fingerprint density at radius 3 is 2.73 bits per heavy atom. The van der Waals surface area contributed by atoms with Crippen molar-refractivity contribution in [3.8, 4) is 0 Å². The van der Waals surface area contributed by atoms with E-state index < -0.39 is 0 Å². The van der Waals surface area contributed by atoms with Crippen LogP contribution in [0.1, 0.15) is 16.8 Å². The molecule has 0 radical (unpaired) electrons. The van der Waals surface area contributed by atoms with Crippen LogP contribution in [0, 0.1) is 18.6 Å². The Morgan fingerprint density at radius 2 is 2.13 bits per heavy atom. The van der Waals surface area contributed by atoms with E-state index in [9.17, 15) is 0 Å². The fourth-order valence-electron chi connectivity index (χ4n) is 1.69. The minimum atomic E-state index is 0.786. The SMILES string of the molecule is Cc1cccc(Cn2cc(C)[nH]c2=S)c1. The Kier molecular flexibility index (Phi) is 2.73. The van der Waals surface area contributed by atoms with Gasteiger partial charge < -0.3 is 9.55 Å². The summed E-state index contributed by atoms with van der Waals surface area (Å²) in [5.74, 6) is 0. The third kappa shape index (κ3) is 2.36. The molecular formula is C12H14N2S. The van der Waals surface area contributed by atoms with Gasteiger partial charge in [0.2, 0.25) is 0 Å². The average molecular weight is 218 g/mol. The van der Waals surface area contributed by atoms with Crippen molar-refractivity contribution in [3.05, 3.63) is 52.1 Å². The molecule has 1 N–H and O–H groups in total. The molecule has 0 atom stereocenters. The Labute approximate surface area is 94.6 Å². The molecule has 2 nitrogen and oxygen atoms in total. The van der Waals surface area contributed by atoms with Crippen LogP contribution in [0.3, 0.4) is 0 Å². The van der Waals surface area contributed by atoms with Gasteiger partial charge in [0.1, 0.15) is 0 Å². The zero-order chi connectivity index (χ0) is 10.8. The van der Waals surface area contributed by atoms with Crippen LogP contribution in [0.25, 0.3) is 0 Å². The molecule has 1 aromatic carbocycles. The second-order valence-corrected chi connectivity index (χ2v) is 4.25. The first kappa shape index (κ1) is 10.2. The quantitative estimate of drug-likeness (QED) is 0.768. The lowest BCUT2D eigenvalue weighted by molar-refractivity contribution is 0.783. The number of aryl methyl sites for hydroxylation is 2. The van der Waals surface area contributed by atoms with Crippen molar-refractivity contribution in [2.45, 2.75) is 20.4 Å². The topological polar surface area (TPSA) is 20.7 Å². The van der Waals surface area contributed by atoms with Gasteiger partial charge in [-0.05, 0) is 31.6 Å². The number of aromatic nitrogens is 2. The maximum absolute atomic E-state index is 5.21. The standard InChI is InChI=1S/C12H14N2S/c1-9-4-3-5-11(6-9)8-14-7-10(2)13-12(14)15/h3-7H,8H2,1-2H3,(H,13,15). The molecule has 78 valence electrons. The summed E-state index contributed by atoms with van der Waals surface area (Å²) in [5, 5.41) is 0. The highest BCUT2D eigenvalue weighted by Crippen LogP contribution is 2.07. The highest BCUT2D eigenvalue weighted by atomic mass is 32.1. The minimum absolute atomic E-state index is 0.786. The fourth-order valence-corrected chi connectivity index (χ4v) is 1.97. The van der Waals surface area contributed by atoms with Gasteiger partial charge in [-0.1, -0.05) is 29.8 Å². The molecule has 2 rings (SSSR count). The Bertz CT molecular complexity index is 522. The maximum Gasteiger partial charge on any atom is 0.177 e. The lowest BCUT2D eigenvalue weighted by Crippen LogP contribution is -1.98. The molecule has 0 spiro atoms. The summed E-state index contributed by atoms with van der Waals surface area (Å²) in [4.78, 5) is 3.12. The Hall–Kier alpha value is -1.35. The van der Waals surface area contributed by atoms with E-state index in [-0.39, 0.29) is 0 Å². The summed E-state index contributed by atoms with van der Waals surface area (Å²) >= 11 is 5.21. The fraction of sp³-hybridized carbons (Fsp3) is 0.250. The van der Waals surface area contributed by atoms with Gasteiger partial charge in [0, 0.05) is 18.4 Å². The van der Waals surface area contributed by atoms with Gasteiger partial charge in [0.25, 0.3) is 0 Å². The van der Waals surface area contributed by atoms with Crippen molar-refractivity contribution in [3.63, 3.8) is 0 Å². The number of hydrogen-bond donors (Lipinski definition) is 1. The normalized spacial score (nSPS) is 10.5. The van der Waals surface area contributed by atoms with E-state index in [2.05, 4.69) is 40.7 Å². The van der Waals surface area contributed by atoms with Crippen molar-refractivity contribution < 1.29 is 0 Å². The summed E-state index contributed by atoms with van der Waals surface area (Å²) in [5.41, 5.74) is 3.67. The molecule has 0 saturated carbocycles. The first-order chi connectivity index (χ1) is 7.15. The van der Waals surface area contributed by atoms with Gasteiger partial charge in [-0.25, -0.2) is 0 Å². The summed E-state index contributed by atoms with van der Waals surface area (Å²) in [6, 6.07) is 8.49. The van der Waals surface area contributed by atoms with Gasteiger partial charge in [0.15, 0.2) is 4.77 Å². The van der Waals surface area contributed by atoms with E-state index in [0.717, 1.165) is 17.0 Å². The smallest absolute Gasteiger partial charge is 0.177 e. The summed E-state index contributed by atoms with van der Waals surface area (Å²) < 4.78 is 2.84. The zero-order valence-corrected chi connectivity index (χ0v) is 9.77. The van der Waals surface area contributed by atoms with E-state index in [0.29, 0.717) is 0 Å². The molecule has 0 aliphatic carbocycles. The minimum Gasteiger partial charge on any atom is -0.335 e. The molecule has 0 amide bonds. The van der Waals surface area contributed by atoms with Crippen molar-refractivity contribution in [1.82, 2.24) is 9.55 Å². The van der Waals surface area contributed by atoms with Crippen molar-refractivity contribution in [1.29, 1.82) is 0 Å².